The van der Waals surface area contributed by atoms with E-state index in [2.05, 4.69) is 11.7 Å². The molecule has 5 rings (SSSR count). The van der Waals surface area contributed by atoms with E-state index in [0.717, 1.165) is 43.1 Å². The Morgan fingerprint density at radius 2 is 1.19 bits per heavy atom. The molecule has 3 aromatic rings. The van der Waals surface area contributed by atoms with E-state index in [1.54, 1.807) is 6.07 Å². The summed E-state index contributed by atoms with van der Waals surface area (Å²) in [5, 5.41) is 0. The number of ether oxygens (including phenoxy) is 1. The van der Waals surface area contributed by atoms with Crippen LogP contribution >= 0.6 is 0 Å². The molecule has 2 aliphatic carbocycles. The van der Waals surface area contributed by atoms with Crippen LogP contribution in [-0.4, -0.2) is 0 Å². The van der Waals surface area contributed by atoms with Gasteiger partial charge in [-0.05, 0) is 91.5 Å². The first-order chi connectivity index (χ1) is 23.0. The predicted octanol–water partition coefficient (Wildman–Crippen LogP) is 13.1. The highest BCUT2D eigenvalue weighted by atomic mass is 19.3. The van der Waals surface area contributed by atoms with E-state index in [-0.39, 0.29) is 29.2 Å². The Labute approximate surface area is 278 Å². The monoisotopic (exact) mass is 680 g/mol. The lowest BCUT2D eigenvalue weighted by atomic mass is 9.68. The smallest absolute Gasteiger partial charge is 0.429 e. The van der Waals surface area contributed by atoms with Gasteiger partial charge >= 0.3 is 6.11 Å². The zero-order valence-electron chi connectivity index (χ0n) is 27.4. The van der Waals surface area contributed by atoms with Gasteiger partial charge in [0.2, 0.25) is 0 Å². The van der Waals surface area contributed by atoms with Crippen LogP contribution < -0.4 is 4.74 Å². The number of rotatable bonds is 13. The van der Waals surface area contributed by atoms with Gasteiger partial charge in [0.05, 0.1) is 0 Å². The number of benzene rings is 3. The van der Waals surface area contributed by atoms with Gasteiger partial charge in [-0.1, -0.05) is 76.8 Å². The summed E-state index contributed by atoms with van der Waals surface area (Å²) in [6, 6.07) is 5.82. The Balaban J connectivity index is 1.16. The molecule has 0 bridgehead atoms. The summed E-state index contributed by atoms with van der Waals surface area (Å²) in [6.45, 7) is 2.24. The molecule has 2 saturated carbocycles. The quantitative estimate of drug-likeness (QED) is 0.0992. The van der Waals surface area contributed by atoms with Gasteiger partial charge in [-0.15, -0.1) is 0 Å². The fourth-order valence-corrected chi connectivity index (χ4v) is 7.90. The van der Waals surface area contributed by atoms with Crippen LogP contribution in [0.3, 0.4) is 0 Å². The summed E-state index contributed by atoms with van der Waals surface area (Å²) in [7, 11) is 0. The zero-order chi connectivity index (χ0) is 34.4. The molecule has 262 valence electrons. The number of unbranched alkanes of at least 4 members (excludes halogenated alkanes) is 5. The third kappa shape index (κ3) is 8.73. The molecule has 0 aromatic heterocycles. The van der Waals surface area contributed by atoms with Gasteiger partial charge in [0.15, 0.2) is 17.5 Å². The average molecular weight is 681 g/mol. The van der Waals surface area contributed by atoms with Gasteiger partial charge in [0, 0.05) is 17.7 Å². The molecular formula is C39H44F8O. The van der Waals surface area contributed by atoms with Crippen LogP contribution in [-0.2, 0) is 6.11 Å². The molecule has 0 N–H and O–H groups in total. The molecule has 9 heteroatoms. The highest BCUT2D eigenvalue weighted by Gasteiger charge is 2.42. The van der Waals surface area contributed by atoms with Gasteiger partial charge in [0.25, 0.3) is 0 Å². The predicted molar refractivity (Wildman–Crippen MR) is 171 cm³/mol. The van der Waals surface area contributed by atoms with E-state index in [1.165, 1.54) is 82.8 Å². The fraction of sp³-hybridized carbons (Fsp3) is 0.538. The Hall–Kier alpha value is -3.10. The second kappa shape index (κ2) is 16.1. The van der Waals surface area contributed by atoms with Crippen molar-refractivity contribution in [3.8, 4) is 16.9 Å². The molecule has 3 aromatic carbocycles. The van der Waals surface area contributed by atoms with Crippen molar-refractivity contribution in [3.63, 3.8) is 0 Å². The van der Waals surface area contributed by atoms with Crippen molar-refractivity contribution in [1.29, 1.82) is 0 Å². The van der Waals surface area contributed by atoms with Crippen LogP contribution in [0.1, 0.15) is 120 Å². The fourth-order valence-electron chi connectivity index (χ4n) is 7.90. The van der Waals surface area contributed by atoms with Crippen molar-refractivity contribution in [1.82, 2.24) is 0 Å². The first-order valence-corrected chi connectivity index (χ1v) is 17.5. The minimum absolute atomic E-state index is 0.128. The topological polar surface area (TPSA) is 9.23 Å². The van der Waals surface area contributed by atoms with Crippen molar-refractivity contribution in [2.45, 2.75) is 115 Å². The average Bonchev–Trinajstić information content (AvgIpc) is 3.05. The summed E-state index contributed by atoms with van der Waals surface area (Å²) in [5.41, 5.74) is -1.50. The van der Waals surface area contributed by atoms with Gasteiger partial charge in [-0.25, -0.2) is 26.3 Å². The summed E-state index contributed by atoms with van der Waals surface area (Å²) in [6.07, 6.45) is 14.0. The minimum atomic E-state index is -4.72. The van der Waals surface area contributed by atoms with E-state index >= 15 is 4.39 Å². The van der Waals surface area contributed by atoms with Gasteiger partial charge in [0.1, 0.15) is 28.8 Å². The molecular weight excluding hydrogens is 636 g/mol. The van der Waals surface area contributed by atoms with Gasteiger partial charge in [-0.2, -0.15) is 8.78 Å². The lowest BCUT2D eigenvalue weighted by Gasteiger charge is -2.38. The molecule has 0 heterocycles. The van der Waals surface area contributed by atoms with Gasteiger partial charge < -0.3 is 4.74 Å². The lowest BCUT2D eigenvalue weighted by molar-refractivity contribution is -0.189. The van der Waals surface area contributed by atoms with E-state index in [0.29, 0.717) is 18.1 Å². The molecule has 0 atom stereocenters. The molecule has 0 aliphatic heterocycles. The summed E-state index contributed by atoms with van der Waals surface area (Å²) in [4.78, 5) is 0. The zero-order valence-corrected chi connectivity index (χ0v) is 27.4. The third-order valence-electron chi connectivity index (χ3n) is 10.6. The standard InChI is InChI=1S/C39H44F8O/c1-2-3-4-5-6-7-8-24-9-11-25(12-10-24)26-13-15-27(16-14-26)28-17-18-31(32(40)19-28)29-20-33(41)37(34(42)21-29)39(46,47)48-30-22-35(43)38(45)36(44)23-30/h17-27H,2-16H2,1H3. The highest BCUT2D eigenvalue weighted by Crippen LogP contribution is 2.45. The largest absolute Gasteiger partial charge is 0.432 e. The van der Waals surface area contributed by atoms with E-state index in [1.807, 2.05) is 0 Å². The Morgan fingerprint density at radius 1 is 0.625 bits per heavy atom. The summed E-state index contributed by atoms with van der Waals surface area (Å²) in [5.74, 6) is -8.49. The molecule has 0 amide bonds. The molecule has 2 aliphatic rings. The molecule has 1 nitrogen and oxygen atoms in total. The van der Waals surface area contributed by atoms with E-state index in [9.17, 15) is 30.7 Å². The third-order valence-corrected chi connectivity index (χ3v) is 10.6. The maximum absolute atomic E-state index is 15.3. The Bertz CT molecular complexity index is 1480. The molecule has 0 radical (unpaired) electrons. The Kier molecular flexibility index (Phi) is 12.1. The first kappa shape index (κ1) is 36.2. The molecule has 2 fully saturated rings. The summed E-state index contributed by atoms with van der Waals surface area (Å²) >= 11 is 0. The second-order valence-corrected chi connectivity index (χ2v) is 13.8. The highest BCUT2D eigenvalue weighted by molar-refractivity contribution is 5.65. The number of hydrogen-bond acceptors (Lipinski definition) is 1. The number of hydrogen-bond donors (Lipinski definition) is 0. The Morgan fingerprint density at radius 3 is 1.77 bits per heavy atom. The maximum atomic E-state index is 15.3. The molecule has 0 saturated heterocycles. The molecule has 0 unspecified atom stereocenters. The van der Waals surface area contributed by atoms with Crippen molar-refractivity contribution in [2.75, 3.05) is 0 Å². The van der Waals surface area contributed by atoms with Crippen LogP contribution in [0.25, 0.3) is 11.1 Å². The first-order valence-electron chi connectivity index (χ1n) is 17.5. The van der Waals surface area contributed by atoms with Crippen LogP contribution in [0.2, 0.25) is 0 Å². The second-order valence-electron chi connectivity index (χ2n) is 13.8. The van der Waals surface area contributed by atoms with Crippen LogP contribution in [0.15, 0.2) is 42.5 Å². The van der Waals surface area contributed by atoms with Crippen molar-refractivity contribution in [2.24, 2.45) is 17.8 Å². The van der Waals surface area contributed by atoms with Crippen LogP contribution in [0.5, 0.6) is 5.75 Å². The van der Waals surface area contributed by atoms with Crippen molar-refractivity contribution >= 4 is 0 Å². The number of alkyl halides is 2. The normalized spacial score (nSPS) is 21.8. The van der Waals surface area contributed by atoms with Crippen molar-refractivity contribution < 1.29 is 39.9 Å². The van der Waals surface area contributed by atoms with Crippen LogP contribution in [0.4, 0.5) is 35.1 Å². The lowest BCUT2D eigenvalue weighted by Crippen LogP contribution is -2.25. The SMILES string of the molecule is CCCCCCCCC1CCC(C2CCC(c3ccc(-c4cc(F)c(C(F)(F)Oc5cc(F)c(F)c(F)c5)c(F)c4)c(F)c3)CC2)CC1. The molecule has 0 spiro atoms. The van der Waals surface area contributed by atoms with Crippen molar-refractivity contribution in [3.05, 3.63) is 88.5 Å². The summed E-state index contributed by atoms with van der Waals surface area (Å²) < 4.78 is 119. The minimum Gasteiger partial charge on any atom is -0.429 e. The van der Waals surface area contributed by atoms with Crippen LogP contribution in [0, 0.1) is 52.7 Å². The van der Waals surface area contributed by atoms with E-state index < -0.39 is 52.3 Å². The number of halogens is 8. The molecule has 48 heavy (non-hydrogen) atoms. The van der Waals surface area contributed by atoms with E-state index in [4.69, 9.17) is 0 Å². The van der Waals surface area contributed by atoms with Gasteiger partial charge in [-0.3, -0.25) is 0 Å². The maximum Gasteiger partial charge on any atom is 0.432 e.